The molecule has 0 bridgehead atoms. The van der Waals surface area contributed by atoms with Crippen molar-refractivity contribution in [3.63, 3.8) is 0 Å². The number of nitrogens with one attached hydrogen (secondary N) is 2. The average Bonchev–Trinajstić information content (AvgIpc) is 2.79. The summed E-state index contributed by atoms with van der Waals surface area (Å²) < 4.78 is 0. The molecule has 0 spiro atoms. The average molecular weight is 254 g/mol. The fourth-order valence-electron chi connectivity index (χ4n) is 1.35. The Hall–Kier alpha value is -1.13. The number of rotatable bonds is 4. The van der Waals surface area contributed by atoms with Crippen LogP contribution in [0.15, 0.2) is 35.6 Å². The van der Waals surface area contributed by atoms with Crippen molar-refractivity contribution >= 4 is 29.1 Å². The highest BCUT2D eigenvalue weighted by Gasteiger charge is 2.00. The predicted molar refractivity (Wildman–Crippen MR) is 69.1 cm³/mol. The van der Waals surface area contributed by atoms with Crippen molar-refractivity contribution < 1.29 is 0 Å². The number of halogens is 1. The van der Waals surface area contributed by atoms with Gasteiger partial charge in [-0.15, -0.1) is 11.8 Å². The van der Waals surface area contributed by atoms with Crippen LogP contribution in [0.3, 0.4) is 0 Å². The van der Waals surface area contributed by atoms with E-state index in [4.69, 9.17) is 11.6 Å². The molecule has 84 valence electrons. The maximum absolute atomic E-state index is 6.11. The van der Waals surface area contributed by atoms with E-state index < -0.39 is 0 Å². The van der Waals surface area contributed by atoms with Gasteiger partial charge in [-0.3, -0.25) is 0 Å². The van der Waals surface area contributed by atoms with Gasteiger partial charge in [-0.25, -0.2) is 4.98 Å². The van der Waals surface area contributed by atoms with Crippen molar-refractivity contribution in [1.29, 1.82) is 0 Å². The third kappa shape index (κ3) is 2.71. The van der Waals surface area contributed by atoms with Crippen LogP contribution in [0.1, 0.15) is 5.69 Å². The molecule has 0 aliphatic heterocycles. The van der Waals surface area contributed by atoms with Crippen molar-refractivity contribution in [2.45, 2.75) is 11.4 Å². The Morgan fingerprint density at radius 1 is 1.50 bits per heavy atom. The molecular formula is C11H12ClN3S. The van der Waals surface area contributed by atoms with Crippen LogP contribution >= 0.6 is 23.4 Å². The van der Waals surface area contributed by atoms with Gasteiger partial charge >= 0.3 is 0 Å². The minimum Gasteiger partial charge on any atom is -0.379 e. The molecule has 0 fully saturated rings. The number of benzene rings is 1. The quantitative estimate of drug-likeness (QED) is 0.821. The number of aromatic nitrogens is 2. The minimum absolute atomic E-state index is 0.717. The summed E-state index contributed by atoms with van der Waals surface area (Å²) in [6, 6.07) is 5.97. The summed E-state index contributed by atoms with van der Waals surface area (Å²) in [5.41, 5.74) is 2.06. The number of thioether (sulfide) groups is 1. The van der Waals surface area contributed by atoms with Gasteiger partial charge in [-0.05, 0) is 24.5 Å². The second-order valence-corrected chi connectivity index (χ2v) is 4.53. The molecule has 0 amide bonds. The molecule has 0 atom stereocenters. The van der Waals surface area contributed by atoms with Crippen LogP contribution in [-0.2, 0) is 6.54 Å². The summed E-state index contributed by atoms with van der Waals surface area (Å²) in [6.07, 6.45) is 5.48. The van der Waals surface area contributed by atoms with E-state index in [9.17, 15) is 0 Å². The Labute approximate surface area is 104 Å². The SMILES string of the molecule is CSc1ccc(NCc2cnc[nH]2)cc1Cl. The fraction of sp³-hybridized carbons (Fsp3) is 0.182. The third-order valence-corrected chi connectivity index (χ3v) is 3.41. The number of imidazole rings is 1. The molecule has 3 nitrogen and oxygen atoms in total. The van der Waals surface area contributed by atoms with Crippen molar-refractivity contribution in [3.05, 3.63) is 41.4 Å². The van der Waals surface area contributed by atoms with E-state index in [1.165, 1.54) is 0 Å². The first-order valence-electron chi connectivity index (χ1n) is 4.84. The monoisotopic (exact) mass is 253 g/mol. The first-order valence-corrected chi connectivity index (χ1v) is 6.44. The lowest BCUT2D eigenvalue weighted by Gasteiger charge is -2.07. The second-order valence-electron chi connectivity index (χ2n) is 3.28. The van der Waals surface area contributed by atoms with Gasteiger partial charge in [-0.1, -0.05) is 11.6 Å². The second kappa shape index (κ2) is 5.27. The van der Waals surface area contributed by atoms with Crippen molar-refractivity contribution in [2.75, 3.05) is 11.6 Å². The molecule has 2 aromatic rings. The topological polar surface area (TPSA) is 40.7 Å². The zero-order valence-corrected chi connectivity index (χ0v) is 10.4. The minimum atomic E-state index is 0.717. The van der Waals surface area contributed by atoms with Crippen LogP contribution in [0.4, 0.5) is 5.69 Å². The van der Waals surface area contributed by atoms with Crippen LogP contribution < -0.4 is 5.32 Å². The Balaban J connectivity index is 2.02. The molecule has 0 aliphatic carbocycles. The molecule has 5 heteroatoms. The summed E-state index contributed by atoms with van der Waals surface area (Å²) in [4.78, 5) is 8.08. The van der Waals surface area contributed by atoms with Crippen molar-refractivity contribution in [3.8, 4) is 0 Å². The van der Waals surface area contributed by atoms with Crippen LogP contribution in [-0.4, -0.2) is 16.2 Å². The summed E-state index contributed by atoms with van der Waals surface area (Å²) in [5.74, 6) is 0. The lowest BCUT2D eigenvalue weighted by Crippen LogP contribution is -1.99. The Kier molecular flexibility index (Phi) is 3.74. The molecule has 1 heterocycles. The highest BCUT2D eigenvalue weighted by molar-refractivity contribution is 7.98. The normalized spacial score (nSPS) is 10.4. The highest BCUT2D eigenvalue weighted by Crippen LogP contribution is 2.27. The van der Waals surface area contributed by atoms with Crippen LogP contribution in [0.25, 0.3) is 0 Å². The van der Waals surface area contributed by atoms with Gasteiger partial charge in [0.2, 0.25) is 0 Å². The van der Waals surface area contributed by atoms with E-state index in [-0.39, 0.29) is 0 Å². The van der Waals surface area contributed by atoms with Crippen LogP contribution in [0.2, 0.25) is 5.02 Å². The first kappa shape index (κ1) is 11.4. The van der Waals surface area contributed by atoms with Gasteiger partial charge in [0.15, 0.2) is 0 Å². The molecule has 1 aromatic carbocycles. The number of aromatic amines is 1. The Bertz CT molecular complexity index is 456. The molecule has 2 rings (SSSR count). The molecule has 1 aromatic heterocycles. The molecule has 0 radical (unpaired) electrons. The van der Waals surface area contributed by atoms with Gasteiger partial charge in [0, 0.05) is 16.8 Å². The maximum atomic E-state index is 6.11. The number of hydrogen-bond acceptors (Lipinski definition) is 3. The standard InChI is InChI=1S/C11H12ClN3S/c1-16-11-3-2-8(4-10(11)12)14-6-9-5-13-7-15-9/h2-5,7,14H,6H2,1H3,(H,13,15). The Morgan fingerprint density at radius 3 is 3.00 bits per heavy atom. The van der Waals surface area contributed by atoms with Gasteiger partial charge in [0.1, 0.15) is 0 Å². The summed E-state index contributed by atoms with van der Waals surface area (Å²) in [6.45, 7) is 0.717. The lowest BCUT2D eigenvalue weighted by atomic mass is 10.3. The molecule has 16 heavy (non-hydrogen) atoms. The predicted octanol–water partition coefficient (Wildman–Crippen LogP) is 3.40. The highest BCUT2D eigenvalue weighted by atomic mass is 35.5. The van der Waals surface area contributed by atoms with Crippen LogP contribution in [0, 0.1) is 0 Å². The van der Waals surface area contributed by atoms with Crippen LogP contribution in [0.5, 0.6) is 0 Å². The van der Waals surface area contributed by atoms with E-state index in [2.05, 4.69) is 15.3 Å². The van der Waals surface area contributed by atoms with Gasteiger partial charge in [0.25, 0.3) is 0 Å². The fourth-order valence-corrected chi connectivity index (χ4v) is 2.23. The summed E-state index contributed by atoms with van der Waals surface area (Å²) in [5, 5.41) is 4.05. The zero-order valence-electron chi connectivity index (χ0n) is 8.83. The van der Waals surface area contributed by atoms with E-state index in [1.54, 1.807) is 24.3 Å². The maximum Gasteiger partial charge on any atom is 0.0922 e. The number of nitrogens with zero attached hydrogens (tertiary/aromatic N) is 1. The van der Waals surface area contributed by atoms with Crippen molar-refractivity contribution in [2.24, 2.45) is 0 Å². The van der Waals surface area contributed by atoms with E-state index in [1.807, 2.05) is 24.5 Å². The molecule has 0 saturated heterocycles. The van der Waals surface area contributed by atoms with E-state index >= 15 is 0 Å². The van der Waals surface area contributed by atoms with Gasteiger partial charge < -0.3 is 10.3 Å². The molecule has 2 N–H and O–H groups in total. The van der Waals surface area contributed by atoms with E-state index in [0.717, 1.165) is 27.8 Å². The van der Waals surface area contributed by atoms with Crippen molar-refractivity contribution in [1.82, 2.24) is 9.97 Å². The first-order chi connectivity index (χ1) is 7.79. The summed E-state index contributed by atoms with van der Waals surface area (Å²) >= 11 is 7.75. The molecule has 0 saturated carbocycles. The van der Waals surface area contributed by atoms with Gasteiger partial charge in [-0.2, -0.15) is 0 Å². The summed E-state index contributed by atoms with van der Waals surface area (Å²) in [7, 11) is 0. The third-order valence-electron chi connectivity index (χ3n) is 2.19. The largest absolute Gasteiger partial charge is 0.379 e. The smallest absolute Gasteiger partial charge is 0.0922 e. The lowest BCUT2D eigenvalue weighted by molar-refractivity contribution is 1.07. The molecule has 0 aliphatic rings. The van der Waals surface area contributed by atoms with Gasteiger partial charge in [0.05, 0.1) is 23.6 Å². The number of H-pyrrole nitrogens is 1. The molecular weight excluding hydrogens is 242 g/mol. The zero-order chi connectivity index (χ0) is 11.4. The molecule has 0 unspecified atom stereocenters. The Morgan fingerprint density at radius 2 is 2.38 bits per heavy atom. The number of hydrogen-bond donors (Lipinski definition) is 2. The number of anilines is 1. The van der Waals surface area contributed by atoms with E-state index in [0.29, 0.717) is 0 Å².